The topological polar surface area (TPSA) is 60.2 Å². The smallest absolute Gasteiger partial charge is 0.348 e. The maximum absolute atomic E-state index is 13.4. The van der Waals surface area contributed by atoms with Crippen LogP contribution in [0.15, 0.2) is 28.4 Å². The molecule has 0 saturated carbocycles. The lowest BCUT2D eigenvalue weighted by atomic mass is 10.3. The van der Waals surface area contributed by atoms with E-state index in [-0.39, 0.29) is 12.3 Å². The highest BCUT2D eigenvalue weighted by molar-refractivity contribution is 6.29. The summed E-state index contributed by atoms with van der Waals surface area (Å²) in [4.78, 5) is 11.1. The summed E-state index contributed by atoms with van der Waals surface area (Å²) >= 11 is 5.59. The van der Waals surface area contributed by atoms with Gasteiger partial charge in [0.05, 0.1) is 13.7 Å². The van der Waals surface area contributed by atoms with Crippen LogP contribution in [0.1, 0.15) is 6.92 Å². The summed E-state index contributed by atoms with van der Waals surface area (Å²) in [6, 6.07) is 4.04. The van der Waals surface area contributed by atoms with Gasteiger partial charge in [0.1, 0.15) is 11.4 Å². The molecule has 0 aliphatic rings. The summed E-state index contributed by atoms with van der Waals surface area (Å²) in [5.74, 6) is -0.984. The van der Waals surface area contributed by atoms with Crippen LogP contribution in [-0.4, -0.2) is 25.2 Å². The molecule has 1 atom stereocenters. The number of hydrogen-bond acceptors (Lipinski definition) is 5. The normalized spacial score (nSPS) is 12.4. The summed E-state index contributed by atoms with van der Waals surface area (Å²) in [5.41, 5.74) is -1.32. The minimum atomic E-state index is -1.29. The number of carbonyl (C=O) groups excluding carboxylic acids is 1. The fraction of sp³-hybridized carbons (Fsp3) is 0.364. The van der Waals surface area contributed by atoms with Gasteiger partial charge in [0.15, 0.2) is 5.82 Å². The lowest BCUT2D eigenvalue weighted by Gasteiger charge is -2.03. The van der Waals surface area contributed by atoms with Crippen molar-refractivity contribution >= 4 is 23.3 Å². The number of rotatable bonds is 5. The van der Waals surface area contributed by atoms with Crippen molar-refractivity contribution in [2.75, 3.05) is 13.7 Å². The molecular formula is C11H12ClFN2O3. The van der Waals surface area contributed by atoms with Gasteiger partial charge < -0.3 is 9.47 Å². The predicted octanol–water partition coefficient (Wildman–Crippen LogP) is 3.05. The van der Waals surface area contributed by atoms with Crippen molar-refractivity contribution in [1.82, 2.24) is 0 Å². The van der Waals surface area contributed by atoms with Crippen molar-refractivity contribution in [2.24, 2.45) is 10.2 Å². The van der Waals surface area contributed by atoms with Crippen molar-refractivity contribution < 1.29 is 18.7 Å². The van der Waals surface area contributed by atoms with Crippen LogP contribution in [0.3, 0.4) is 0 Å². The largest absolute Gasteiger partial charge is 0.497 e. The average Bonchev–Trinajstić information content (AvgIpc) is 2.37. The fourth-order valence-corrected chi connectivity index (χ4v) is 1.17. The number of benzene rings is 1. The first-order chi connectivity index (χ1) is 8.58. The summed E-state index contributed by atoms with van der Waals surface area (Å²) in [6.45, 7) is 1.83. The van der Waals surface area contributed by atoms with E-state index in [1.807, 2.05) is 0 Å². The minimum Gasteiger partial charge on any atom is -0.497 e. The molecule has 0 fully saturated rings. The Bertz CT molecular complexity index is 454. The number of azo groups is 1. The summed E-state index contributed by atoms with van der Waals surface area (Å²) in [6.07, 6.45) is 0. The highest BCUT2D eigenvalue weighted by Gasteiger charge is 2.15. The van der Waals surface area contributed by atoms with Crippen LogP contribution in [0.25, 0.3) is 0 Å². The molecule has 0 bridgehead atoms. The van der Waals surface area contributed by atoms with Crippen molar-refractivity contribution in [3.8, 4) is 5.75 Å². The Balaban J connectivity index is 2.75. The van der Waals surface area contributed by atoms with Gasteiger partial charge in [-0.25, -0.2) is 9.18 Å². The second kappa shape index (κ2) is 6.90. The molecule has 1 aromatic rings. The van der Waals surface area contributed by atoms with Crippen LogP contribution in [0.5, 0.6) is 5.75 Å². The Labute approximate surface area is 109 Å². The molecule has 0 N–H and O–H groups in total. The second-order valence-electron chi connectivity index (χ2n) is 3.12. The average molecular weight is 275 g/mol. The molecule has 0 spiro atoms. The number of alkyl halides is 1. The van der Waals surface area contributed by atoms with E-state index in [4.69, 9.17) is 16.3 Å². The lowest BCUT2D eigenvalue weighted by molar-refractivity contribution is -0.142. The van der Waals surface area contributed by atoms with Crippen LogP contribution >= 0.6 is 11.6 Å². The van der Waals surface area contributed by atoms with E-state index >= 15 is 0 Å². The van der Waals surface area contributed by atoms with E-state index in [9.17, 15) is 9.18 Å². The van der Waals surface area contributed by atoms with Crippen molar-refractivity contribution in [1.29, 1.82) is 0 Å². The Morgan fingerprint density at radius 3 is 2.83 bits per heavy atom. The van der Waals surface area contributed by atoms with E-state index in [1.165, 1.54) is 19.2 Å². The SMILES string of the molecule is CCOC(=O)C(Cl)N=Nc1ccc(OC)cc1F. The molecule has 0 heterocycles. The third kappa shape index (κ3) is 3.96. The Morgan fingerprint density at radius 2 is 2.28 bits per heavy atom. The van der Waals surface area contributed by atoms with Crippen LogP contribution in [0.2, 0.25) is 0 Å². The van der Waals surface area contributed by atoms with E-state index < -0.39 is 17.3 Å². The minimum absolute atomic E-state index is 0.0363. The highest BCUT2D eigenvalue weighted by atomic mass is 35.5. The van der Waals surface area contributed by atoms with Gasteiger partial charge in [-0.05, 0) is 19.1 Å². The fourth-order valence-electron chi connectivity index (χ4n) is 1.07. The van der Waals surface area contributed by atoms with Gasteiger partial charge in [0, 0.05) is 6.07 Å². The first-order valence-corrected chi connectivity index (χ1v) is 5.57. The number of carbonyl (C=O) groups is 1. The van der Waals surface area contributed by atoms with E-state index in [1.54, 1.807) is 6.92 Å². The van der Waals surface area contributed by atoms with Crippen molar-refractivity contribution in [3.05, 3.63) is 24.0 Å². The van der Waals surface area contributed by atoms with Gasteiger partial charge in [0.25, 0.3) is 0 Å². The van der Waals surface area contributed by atoms with Gasteiger partial charge in [-0.3, -0.25) is 0 Å². The number of methoxy groups -OCH3 is 1. The third-order valence-electron chi connectivity index (χ3n) is 1.90. The Kier molecular flexibility index (Phi) is 5.51. The quantitative estimate of drug-likeness (QED) is 0.359. The molecule has 7 heteroatoms. The molecule has 0 aliphatic heterocycles. The molecule has 0 radical (unpaired) electrons. The molecule has 1 rings (SSSR count). The molecular weight excluding hydrogens is 263 g/mol. The maximum atomic E-state index is 13.4. The van der Waals surface area contributed by atoms with Gasteiger partial charge in [-0.1, -0.05) is 11.6 Å². The number of nitrogens with zero attached hydrogens (tertiary/aromatic N) is 2. The standard InChI is InChI=1S/C11H12ClFN2O3/c1-3-18-11(16)10(12)15-14-9-5-4-7(17-2)6-8(9)13/h4-6,10H,3H2,1-2H3. The maximum Gasteiger partial charge on any atom is 0.348 e. The summed E-state index contributed by atoms with van der Waals surface area (Å²) in [7, 11) is 1.42. The number of hydrogen-bond donors (Lipinski definition) is 0. The molecule has 1 aromatic carbocycles. The molecule has 5 nitrogen and oxygen atoms in total. The summed E-state index contributed by atoms with van der Waals surface area (Å²) < 4.78 is 22.9. The molecule has 0 amide bonds. The van der Waals surface area contributed by atoms with Crippen LogP contribution in [-0.2, 0) is 9.53 Å². The first-order valence-electron chi connectivity index (χ1n) is 5.13. The predicted molar refractivity (Wildman–Crippen MR) is 63.7 cm³/mol. The zero-order valence-corrected chi connectivity index (χ0v) is 10.6. The second-order valence-corrected chi connectivity index (χ2v) is 3.53. The third-order valence-corrected chi connectivity index (χ3v) is 2.17. The zero-order chi connectivity index (χ0) is 13.5. The van der Waals surface area contributed by atoms with Gasteiger partial charge >= 0.3 is 5.97 Å². The molecule has 0 aromatic heterocycles. The first kappa shape index (κ1) is 14.4. The van der Waals surface area contributed by atoms with Gasteiger partial charge in [-0.2, -0.15) is 10.2 Å². The van der Waals surface area contributed by atoms with Crippen LogP contribution in [0, 0.1) is 5.82 Å². The highest BCUT2D eigenvalue weighted by Crippen LogP contribution is 2.23. The summed E-state index contributed by atoms with van der Waals surface area (Å²) in [5, 5.41) is 7.01. The monoisotopic (exact) mass is 274 g/mol. The molecule has 0 aliphatic carbocycles. The number of esters is 1. The molecule has 1 unspecified atom stereocenters. The Hall–Kier alpha value is -1.69. The van der Waals surface area contributed by atoms with E-state index in [0.717, 1.165) is 6.07 Å². The molecule has 98 valence electrons. The lowest BCUT2D eigenvalue weighted by Crippen LogP contribution is -2.14. The number of halogens is 2. The van der Waals surface area contributed by atoms with Gasteiger partial charge in [-0.15, -0.1) is 0 Å². The molecule has 0 saturated heterocycles. The zero-order valence-electron chi connectivity index (χ0n) is 9.89. The van der Waals surface area contributed by atoms with E-state index in [2.05, 4.69) is 15.0 Å². The van der Waals surface area contributed by atoms with E-state index in [0.29, 0.717) is 5.75 Å². The molecule has 18 heavy (non-hydrogen) atoms. The van der Waals surface area contributed by atoms with Crippen molar-refractivity contribution in [2.45, 2.75) is 12.4 Å². The van der Waals surface area contributed by atoms with Crippen LogP contribution in [0.4, 0.5) is 10.1 Å². The van der Waals surface area contributed by atoms with Crippen LogP contribution < -0.4 is 4.74 Å². The van der Waals surface area contributed by atoms with Crippen molar-refractivity contribution in [3.63, 3.8) is 0 Å². The van der Waals surface area contributed by atoms with Gasteiger partial charge in [0.2, 0.25) is 5.50 Å². The Morgan fingerprint density at radius 1 is 1.56 bits per heavy atom. The number of ether oxygens (including phenoxy) is 2.